The molecular weight excluding hydrogens is 296 g/mol. The summed E-state index contributed by atoms with van der Waals surface area (Å²) in [5.41, 5.74) is 0.246. The fourth-order valence-electron chi connectivity index (χ4n) is 2.21. The molecule has 0 bridgehead atoms. The Kier molecular flexibility index (Phi) is 5.03. The van der Waals surface area contributed by atoms with Crippen LogP contribution in [0.2, 0.25) is 5.02 Å². The first kappa shape index (κ1) is 15.6. The van der Waals surface area contributed by atoms with E-state index in [1.54, 1.807) is 12.0 Å². The molecule has 1 saturated heterocycles. The van der Waals surface area contributed by atoms with Crippen molar-refractivity contribution in [3.8, 4) is 5.75 Å². The Hall–Kier alpha value is -1.79. The minimum Gasteiger partial charge on any atom is -0.506 e. The van der Waals surface area contributed by atoms with Gasteiger partial charge in [-0.05, 0) is 18.2 Å². The zero-order valence-corrected chi connectivity index (χ0v) is 12.4. The molecule has 1 heterocycles. The van der Waals surface area contributed by atoms with Crippen LogP contribution in [-0.2, 0) is 14.3 Å². The Morgan fingerprint density at radius 1 is 1.57 bits per heavy atom. The zero-order chi connectivity index (χ0) is 15.4. The lowest BCUT2D eigenvalue weighted by Gasteiger charge is -2.16. The van der Waals surface area contributed by atoms with E-state index in [1.807, 2.05) is 0 Å². The second-order valence-corrected chi connectivity index (χ2v) is 5.32. The third-order valence-corrected chi connectivity index (χ3v) is 3.60. The number of carbonyl (C=O) groups is 2. The molecule has 6 nitrogen and oxygen atoms in total. The molecule has 7 heteroatoms. The molecule has 0 spiro atoms. The van der Waals surface area contributed by atoms with Gasteiger partial charge in [0.05, 0.1) is 18.2 Å². The van der Waals surface area contributed by atoms with E-state index < -0.39 is 5.92 Å². The maximum Gasteiger partial charge on any atom is 0.229 e. The van der Waals surface area contributed by atoms with Crippen molar-refractivity contribution in [2.24, 2.45) is 5.92 Å². The van der Waals surface area contributed by atoms with Crippen molar-refractivity contribution in [3.63, 3.8) is 0 Å². The molecule has 2 N–H and O–H groups in total. The van der Waals surface area contributed by atoms with Crippen LogP contribution in [0.1, 0.15) is 6.42 Å². The Bertz CT molecular complexity index is 550. The van der Waals surface area contributed by atoms with Crippen LogP contribution in [-0.4, -0.2) is 48.6 Å². The van der Waals surface area contributed by atoms with Gasteiger partial charge in [0.15, 0.2) is 0 Å². The molecule has 21 heavy (non-hydrogen) atoms. The van der Waals surface area contributed by atoms with E-state index in [2.05, 4.69) is 5.32 Å². The van der Waals surface area contributed by atoms with Gasteiger partial charge < -0.3 is 20.1 Å². The van der Waals surface area contributed by atoms with Gasteiger partial charge >= 0.3 is 0 Å². The molecule has 0 aliphatic carbocycles. The van der Waals surface area contributed by atoms with E-state index in [4.69, 9.17) is 16.3 Å². The van der Waals surface area contributed by atoms with Gasteiger partial charge in [0.1, 0.15) is 5.75 Å². The van der Waals surface area contributed by atoms with Gasteiger partial charge in [-0.1, -0.05) is 11.6 Å². The Morgan fingerprint density at radius 3 is 3.05 bits per heavy atom. The third-order valence-electron chi connectivity index (χ3n) is 3.37. The van der Waals surface area contributed by atoms with Gasteiger partial charge in [-0.2, -0.15) is 0 Å². The van der Waals surface area contributed by atoms with E-state index in [-0.39, 0.29) is 29.7 Å². The predicted octanol–water partition coefficient (Wildman–Crippen LogP) is 1.48. The van der Waals surface area contributed by atoms with Crippen molar-refractivity contribution in [1.29, 1.82) is 0 Å². The molecule has 1 aliphatic rings. The predicted molar refractivity (Wildman–Crippen MR) is 78.3 cm³/mol. The maximum absolute atomic E-state index is 12.2. The molecule has 1 aromatic carbocycles. The van der Waals surface area contributed by atoms with Gasteiger partial charge in [0, 0.05) is 31.6 Å². The first-order chi connectivity index (χ1) is 10.0. The van der Waals surface area contributed by atoms with Crippen LogP contribution in [0.5, 0.6) is 5.75 Å². The van der Waals surface area contributed by atoms with Gasteiger partial charge in [-0.3, -0.25) is 9.59 Å². The van der Waals surface area contributed by atoms with Crippen molar-refractivity contribution in [2.45, 2.75) is 6.42 Å². The number of halogens is 1. The van der Waals surface area contributed by atoms with E-state index in [0.717, 1.165) is 0 Å². The van der Waals surface area contributed by atoms with Crippen molar-refractivity contribution in [3.05, 3.63) is 23.2 Å². The Labute approximate surface area is 127 Å². The van der Waals surface area contributed by atoms with Gasteiger partial charge in [-0.25, -0.2) is 0 Å². The van der Waals surface area contributed by atoms with E-state index in [0.29, 0.717) is 24.7 Å². The highest BCUT2D eigenvalue weighted by molar-refractivity contribution is 6.31. The summed E-state index contributed by atoms with van der Waals surface area (Å²) in [5, 5.41) is 12.7. The minimum absolute atomic E-state index is 0.0617. The van der Waals surface area contributed by atoms with Crippen LogP contribution in [0.15, 0.2) is 18.2 Å². The summed E-state index contributed by atoms with van der Waals surface area (Å²) < 4.78 is 4.93. The van der Waals surface area contributed by atoms with Crippen LogP contribution in [0.4, 0.5) is 5.69 Å². The number of nitrogens with one attached hydrogen (secondary N) is 1. The number of phenolic OH excluding ortho intramolecular Hbond substituents is 1. The topological polar surface area (TPSA) is 78.9 Å². The number of phenols is 1. The lowest BCUT2D eigenvalue weighted by atomic mass is 10.1. The first-order valence-corrected chi connectivity index (χ1v) is 6.95. The van der Waals surface area contributed by atoms with Crippen LogP contribution in [0.25, 0.3) is 0 Å². The highest BCUT2D eigenvalue weighted by Gasteiger charge is 2.34. The number of nitrogens with zero attached hydrogens (tertiary/aromatic N) is 1. The van der Waals surface area contributed by atoms with Gasteiger partial charge in [0.2, 0.25) is 11.8 Å². The fraction of sp³-hybridized carbons (Fsp3) is 0.429. The second-order valence-electron chi connectivity index (χ2n) is 4.88. The molecular formula is C14H17ClN2O4. The number of ether oxygens (including phenoxy) is 1. The van der Waals surface area contributed by atoms with E-state index in [9.17, 15) is 14.7 Å². The second kappa shape index (κ2) is 6.78. The highest BCUT2D eigenvalue weighted by atomic mass is 35.5. The van der Waals surface area contributed by atoms with Crippen LogP contribution < -0.4 is 5.32 Å². The largest absolute Gasteiger partial charge is 0.506 e. The lowest BCUT2D eigenvalue weighted by molar-refractivity contribution is -0.128. The molecule has 1 unspecified atom stereocenters. The highest BCUT2D eigenvalue weighted by Crippen LogP contribution is 2.28. The van der Waals surface area contributed by atoms with Crippen molar-refractivity contribution < 1.29 is 19.4 Å². The first-order valence-electron chi connectivity index (χ1n) is 6.57. The SMILES string of the molecule is COCCN1CC(C(=O)Nc2cc(Cl)ccc2O)CC1=O. The number of hydrogen-bond donors (Lipinski definition) is 2. The molecule has 1 atom stereocenters. The van der Waals surface area contributed by atoms with Crippen LogP contribution >= 0.6 is 11.6 Å². The quantitative estimate of drug-likeness (QED) is 0.807. The van der Waals surface area contributed by atoms with E-state index in [1.165, 1.54) is 18.2 Å². The summed E-state index contributed by atoms with van der Waals surface area (Å²) in [4.78, 5) is 25.6. The summed E-state index contributed by atoms with van der Waals surface area (Å²) in [7, 11) is 1.56. The zero-order valence-electron chi connectivity index (χ0n) is 11.6. The number of likely N-dealkylation sites (tertiary alicyclic amines) is 1. The Morgan fingerprint density at radius 2 is 2.33 bits per heavy atom. The average molecular weight is 313 g/mol. The molecule has 114 valence electrons. The molecule has 0 saturated carbocycles. The summed E-state index contributed by atoms with van der Waals surface area (Å²) in [5.74, 6) is -0.871. The maximum atomic E-state index is 12.2. The number of methoxy groups -OCH3 is 1. The summed E-state index contributed by atoms with van der Waals surface area (Å²) in [6, 6.07) is 4.40. The average Bonchev–Trinajstić information content (AvgIpc) is 2.82. The van der Waals surface area contributed by atoms with E-state index >= 15 is 0 Å². The third kappa shape index (κ3) is 3.86. The Balaban J connectivity index is 1.98. The van der Waals surface area contributed by atoms with Crippen LogP contribution in [0, 0.1) is 5.92 Å². The van der Waals surface area contributed by atoms with Crippen molar-refractivity contribution in [2.75, 3.05) is 32.1 Å². The van der Waals surface area contributed by atoms with Crippen LogP contribution in [0.3, 0.4) is 0 Å². The number of benzene rings is 1. The van der Waals surface area contributed by atoms with Gasteiger partial charge in [0.25, 0.3) is 0 Å². The molecule has 1 aromatic rings. The number of amides is 2. The minimum atomic E-state index is -0.437. The number of anilines is 1. The fourth-order valence-corrected chi connectivity index (χ4v) is 2.38. The molecule has 0 aromatic heterocycles. The van der Waals surface area contributed by atoms with Crippen molar-refractivity contribution >= 4 is 29.1 Å². The number of aromatic hydroxyl groups is 1. The normalized spacial score (nSPS) is 18.1. The lowest BCUT2D eigenvalue weighted by Crippen LogP contribution is -2.30. The smallest absolute Gasteiger partial charge is 0.229 e. The molecule has 0 radical (unpaired) electrons. The monoisotopic (exact) mass is 312 g/mol. The molecule has 1 aliphatic heterocycles. The summed E-state index contributed by atoms with van der Waals surface area (Å²) in [6.07, 6.45) is 0.164. The summed E-state index contributed by atoms with van der Waals surface area (Å²) >= 11 is 5.82. The molecule has 2 rings (SSSR count). The number of hydrogen-bond acceptors (Lipinski definition) is 4. The standard InChI is InChI=1S/C14H17ClN2O4/c1-21-5-4-17-8-9(6-13(17)19)14(20)16-11-7-10(15)2-3-12(11)18/h2-3,7,9,18H,4-6,8H2,1H3,(H,16,20). The summed E-state index contributed by atoms with van der Waals surface area (Å²) in [6.45, 7) is 1.27. The number of carbonyl (C=O) groups excluding carboxylic acids is 2. The van der Waals surface area contributed by atoms with Gasteiger partial charge in [-0.15, -0.1) is 0 Å². The number of rotatable bonds is 5. The molecule has 1 fully saturated rings. The molecule has 2 amide bonds. The van der Waals surface area contributed by atoms with Crippen molar-refractivity contribution in [1.82, 2.24) is 4.90 Å².